The molecule has 0 unspecified atom stereocenters. The summed E-state index contributed by atoms with van der Waals surface area (Å²) in [6.45, 7) is 4.82. The van der Waals surface area contributed by atoms with E-state index in [-0.39, 0.29) is 12.1 Å². The summed E-state index contributed by atoms with van der Waals surface area (Å²) in [4.78, 5) is 13.6. The molecule has 0 aliphatic heterocycles. The molecule has 0 spiro atoms. The third-order valence-corrected chi connectivity index (χ3v) is 2.92. The Labute approximate surface area is 104 Å². The first-order valence-corrected chi connectivity index (χ1v) is 6.22. The number of carbonyl (C=O) groups is 1. The van der Waals surface area contributed by atoms with Gasteiger partial charge in [-0.1, -0.05) is 44.2 Å². The summed E-state index contributed by atoms with van der Waals surface area (Å²) < 4.78 is 0. The molecule has 17 heavy (non-hydrogen) atoms. The lowest BCUT2D eigenvalue weighted by Crippen LogP contribution is -2.42. The fourth-order valence-electron chi connectivity index (χ4n) is 1.71. The first kappa shape index (κ1) is 13.6. The van der Waals surface area contributed by atoms with E-state index in [1.165, 1.54) is 0 Å². The van der Waals surface area contributed by atoms with Crippen molar-refractivity contribution in [3.63, 3.8) is 0 Å². The van der Waals surface area contributed by atoms with E-state index >= 15 is 0 Å². The lowest BCUT2D eigenvalue weighted by molar-refractivity contribution is 0.202. The maximum Gasteiger partial charge on any atom is 0.317 e. The van der Waals surface area contributed by atoms with Crippen molar-refractivity contribution in [1.82, 2.24) is 10.2 Å². The largest absolute Gasteiger partial charge is 0.335 e. The number of hydrogen-bond donors (Lipinski definition) is 1. The van der Waals surface area contributed by atoms with Crippen molar-refractivity contribution in [2.75, 3.05) is 7.05 Å². The molecule has 1 N–H and O–H groups in total. The highest BCUT2D eigenvalue weighted by molar-refractivity contribution is 5.74. The Balaban J connectivity index is 2.47. The molecule has 0 bridgehead atoms. The summed E-state index contributed by atoms with van der Waals surface area (Å²) in [5.74, 6) is 0. The number of benzene rings is 1. The second kappa shape index (κ2) is 6.94. The molecule has 1 aromatic carbocycles. The Morgan fingerprint density at radius 1 is 1.24 bits per heavy atom. The van der Waals surface area contributed by atoms with Crippen LogP contribution in [0.4, 0.5) is 4.79 Å². The number of amides is 2. The fraction of sp³-hybridized carbons (Fsp3) is 0.500. The zero-order valence-electron chi connectivity index (χ0n) is 10.9. The van der Waals surface area contributed by atoms with E-state index in [1.807, 2.05) is 37.4 Å². The van der Waals surface area contributed by atoms with Crippen LogP contribution in [0.2, 0.25) is 0 Å². The molecule has 0 atom stereocenters. The van der Waals surface area contributed by atoms with Gasteiger partial charge in [-0.2, -0.15) is 0 Å². The third kappa shape index (κ3) is 4.47. The second-order valence-corrected chi connectivity index (χ2v) is 4.30. The maximum absolute atomic E-state index is 11.9. The first-order valence-electron chi connectivity index (χ1n) is 6.22. The molecule has 3 heteroatoms. The number of rotatable bonds is 5. The van der Waals surface area contributed by atoms with Crippen LogP contribution in [0.5, 0.6) is 0 Å². The van der Waals surface area contributed by atoms with Crippen LogP contribution in [0, 0.1) is 0 Å². The van der Waals surface area contributed by atoms with Crippen LogP contribution < -0.4 is 5.32 Å². The zero-order valence-corrected chi connectivity index (χ0v) is 10.9. The molecule has 94 valence electrons. The van der Waals surface area contributed by atoms with Crippen molar-refractivity contribution in [2.24, 2.45) is 0 Å². The first-order chi connectivity index (χ1) is 8.17. The monoisotopic (exact) mass is 234 g/mol. The van der Waals surface area contributed by atoms with Gasteiger partial charge in [-0.25, -0.2) is 4.79 Å². The number of carbonyl (C=O) groups excluding carboxylic acids is 1. The van der Waals surface area contributed by atoms with Crippen LogP contribution in [0.15, 0.2) is 30.3 Å². The van der Waals surface area contributed by atoms with Gasteiger partial charge in [0.25, 0.3) is 0 Å². The number of urea groups is 1. The Hall–Kier alpha value is -1.51. The Kier molecular flexibility index (Phi) is 5.53. The van der Waals surface area contributed by atoms with Gasteiger partial charge in [0.05, 0.1) is 0 Å². The minimum atomic E-state index is 0.00236. The molecular weight excluding hydrogens is 212 g/mol. The Morgan fingerprint density at radius 2 is 1.82 bits per heavy atom. The molecule has 3 nitrogen and oxygen atoms in total. The number of nitrogens with zero attached hydrogens (tertiary/aromatic N) is 1. The third-order valence-electron chi connectivity index (χ3n) is 2.92. The molecule has 0 radical (unpaired) electrons. The Bertz CT molecular complexity index is 333. The molecule has 1 aromatic rings. The molecule has 1 rings (SSSR count). The number of nitrogens with one attached hydrogen (secondary N) is 1. The maximum atomic E-state index is 11.9. The molecule has 0 aromatic heterocycles. The van der Waals surface area contributed by atoms with E-state index in [0.29, 0.717) is 6.54 Å². The van der Waals surface area contributed by atoms with E-state index in [1.54, 1.807) is 4.90 Å². The van der Waals surface area contributed by atoms with Crippen molar-refractivity contribution in [2.45, 2.75) is 39.3 Å². The van der Waals surface area contributed by atoms with Crippen molar-refractivity contribution >= 4 is 6.03 Å². The van der Waals surface area contributed by atoms with Crippen LogP contribution in [-0.2, 0) is 6.54 Å². The summed E-state index contributed by atoms with van der Waals surface area (Å²) in [5.41, 5.74) is 1.15. The summed E-state index contributed by atoms with van der Waals surface area (Å²) in [6.07, 6.45) is 1.95. The predicted octanol–water partition coefficient (Wildman–Crippen LogP) is 3.02. The lowest BCUT2D eigenvalue weighted by atomic mass is 10.2. The van der Waals surface area contributed by atoms with Crippen molar-refractivity contribution in [3.8, 4) is 0 Å². The molecule has 0 heterocycles. The summed E-state index contributed by atoms with van der Waals surface area (Å²) in [7, 11) is 1.82. The van der Waals surface area contributed by atoms with Crippen LogP contribution in [0.1, 0.15) is 32.3 Å². The van der Waals surface area contributed by atoms with E-state index in [2.05, 4.69) is 19.2 Å². The van der Waals surface area contributed by atoms with Crippen LogP contribution in [0.25, 0.3) is 0 Å². The van der Waals surface area contributed by atoms with Crippen molar-refractivity contribution < 1.29 is 4.79 Å². The topological polar surface area (TPSA) is 32.3 Å². The SMILES string of the molecule is CCC(CC)NC(=O)N(C)Cc1ccccc1. The summed E-state index contributed by atoms with van der Waals surface area (Å²) in [6, 6.07) is 10.3. The average Bonchev–Trinajstić information content (AvgIpc) is 2.36. The summed E-state index contributed by atoms with van der Waals surface area (Å²) >= 11 is 0. The highest BCUT2D eigenvalue weighted by atomic mass is 16.2. The fourth-order valence-corrected chi connectivity index (χ4v) is 1.71. The lowest BCUT2D eigenvalue weighted by Gasteiger charge is -2.22. The predicted molar refractivity (Wildman–Crippen MR) is 70.8 cm³/mol. The van der Waals surface area contributed by atoms with E-state index < -0.39 is 0 Å². The van der Waals surface area contributed by atoms with E-state index in [9.17, 15) is 4.79 Å². The second-order valence-electron chi connectivity index (χ2n) is 4.30. The van der Waals surface area contributed by atoms with Gasteiger partial charge in [0, 0.05) is 19.6 Å². The summed E-state index contributed by atoms with van der Waals surface area (Å²) in [5, 5.41) is 3.02. The quantitative estimate of drug-likeness (QED) is 0.834. The smallest absolute Gasteiger partial charge is 0.317 e. The highest BCUT2D eigenvalue weighted by Crippen LogP contribution is 2.04. The molecular formula is C14H22N2O. The van der Waals surface area contributed by atoms with Crippen LogP contribution in [0.3, 0.4) is 0 Å². The average molecular weight is 234 g/mol. The Morgan fingerprint density at radius 3 is 2.35 bits per heavy atom. The van der Waals surface area contributed by atoms with Crippen molar-refractivity contribution in [1.29, 1.82) is 0 Å². The molecule has 0 aliphatic rings. The molecule has 0 saturated carbocycles. The standard InChI is InChI=1S/C14H22N2O/c1-4-13(5-2)15-14(17)16(3)11-12-9-7-6-8-10-12/h6-10,13H,4-5,11H2,1-3H3,(H,15,17). The zero-order chi connectivity index (χ0) is 12.7. The minimum Gasteiger partial charge on any atom is -0.335 e. The van der Waals surface area contributed by atoms with Gasteiger partial charge in [0.1, 0.15) is 0 Å². The van der Waals surface area contributed by atoms with Gasteiger partial charge in [-0.05, 0) is 18.4 Å². The van der Waals surface area contributed by atoms with Crippen LogP contribution >= 0.6 is 0 Å². The molecule has 0 saturated heterocycles. The van der Waals surface area contributed by atoms with E-state index in [0.717, 1.165) is 18.4 Å². The van der Waals surface area contributed by atoms with E-state index in [4.69, 9.17) is 0 Å². The highest BCUT2D eigenvalue weighted by Gasteiger charge is 2.12. The van der Waals surface area contributed by atoms with Crippen molar-refractivity contribution in [3.05, 3.63) is 35.9 Å². The molecule has 0 aliphatic carbocycles. The molecule has 0 fully saturated rings. The van der Waals surface area contributed by atoms with Gasteiger partial charge in [-0.3, -0.25) is 0 Å². The van der Waals surface area contributed by atoms with Gasteiger partial charge >= 0.3 is 6.03 Å². The van der Waals surface area contributed by atoms with Gasteiger partial charge in [0.15, 0.2) is 0 Å². The van der Waals surface area contributed by atoms with Crippen LogP contribution in [-0.4, -0.2) is 24.0 Å². The number of hydrogen-bond acceptors (Lipinski definition) is 1. The normalized spacial score (nSPS) is 10.4. The minimum absolute atomic E-state index is 0.00236. The van der Waals surface area contributed by atoms with Gasteiger partial charge in [-0.15, -0.1) is 0 Å². The van der Waals surface area contributed by atoms with Gasteiger partial charge in [0.2, 0.25) is 0 Å². The molecule has 2 amide bonds. The van der Waals surface area contributed by atoms with Gasteiger partial charge < -0.3 is 10.2 Å².